The van der Waals surface area contributed by atoms with Gasteiger partial charge in [0, 0.05) is 12.1 Å². The van der Waals surface area contributed by atoms with Crippen molar-refractivity contribution in [3.8, 4) is 0 Å². The first-order valence-electron chi connectivity index (χ1n) is 3.97. The Kier molecular flexibility index (Phi) is 3.58. The molecule has 0 fully saturated rings. The number of alkyl halides is 1. The van der Waals surface area contributed by atoms with Crippen molar-refractivity contribution < 1.29 is 0 Å². The number of hydrogen-bond acceptors (Lipinski definition) is 3. The van der Waals surface area contributed by atoms with E-state index in [-0.39, 0.29) is 0 Å². The van der Waals surface area contributed by atoms with E-state index in [9.17, 15) is 0 Å². The van der Waals surface area contributed by atoms with E-state index in [2.05, 4.69) is 4.98 Å². The van der Waals surface area contributed by atoms with Crippen LogP contribution < -0.4 is 11.5 Å². The Hall–Kier alpha value is -1.22. The van der Waals surface area contributed by atoms with Crippen LogP contribution in [-0.4, -0.2) is 10.9 Å². The SMILES string of the molecule is Nc1cc(C=CCCCl)cnc1N. The highest BCUT2D eigenvalue weighted by Gasteiger charge is 1.94. The smallest absolute Gasteiger partial charge is 0.146 e. The lowest BCUT2D eigenvalue weighted by Gasteiger charge is -1.99. The van der Waals surface area contributed by atoms with Crippen LogP contribution in [0.5, 0.6) is 0 Å². The van der Waals surface area contributed by atoms with Gasteiger partial charge < -0.3 is 11.5 Å². The Balaban J connectivity index is 2.73. The van der Waals surface area contributed by atoms with Crippen molar-refractivity contribution in [3.63, 3.8) is 0 Å². The largest absolute Gasteiger partial charge is 0.396 e. The Morgan fingerprint density at radius 3 is 2.85 bits per heavy atom. The predicted molar refractivity (Wildman–Crippen MR) is 57.4 cm³/mol. The van der Waals surface area contributed by atoms with Gasteiger partial charge in [-0.1, -0.05) is 12.2 Å². The summed E-state index contributed by atoms with van der Waals surface area (Å²) in [5.41, 5.74) is 12.5. The van der Waals surface area contributed by atoms with Crippen molar-refractivity contribution in [2.45, 2.75) is 6.42 Å². The van der Waals surface area contributed by atoms with E-state index in [0.717, 1.165) is 12.0 Å². The van der Waals surface area contributed by atoms with Crippen LogP contribution in [-0.2, 0) is 0 Å². The number of allylic oxidation sites excluding steroid dienone is 1. The molecule has 0 aromatic carbocycles. The summed E-state index contributed by atoms with van der Waals surface area (Å²) in [4.78, 5) is 3.93. The number of aromatic nitrogens is 1. The van der Waals surface area contributed by atoms with Gasteiger partial charge in [0.1, 0.15) is 5.82 Å². The molecule has 0 unspecified atom stereocenters. The zero-order valence-electron chi connectivity index (χ0n) is 7.20. The first-order chi connectivity index (χ1) is 6.24. The van der Waals surface area contributed by atoms with Gasteiger partial charge in [0.2, 0.25) is 0 Å². The second-order valence-corrected chi connectivity index (χ2v) is 3.00. The van der Waals surface area contributed by atoms with Crippen LogP contribution >= 0.6 is 11.6 Å². The predicted octanol–water partition coefficient (Wildman–Crippen LogP) is 1.89. The number of nitrogens with zero attached hydrogens (tertiary/aromatic N) is 1. The van der Waals surface area contributed by atoms with Gasteiger partial charge >= 0.3 is 0 Å². The van der Waals surface area contributed by atoms with Crippen LogP contribution in [0.15, 0.2) is 18.3 Å². The highest BCUT2D eigenvalue weighted by atomic mass is 35.5. The molecule has 0 aliphatic rings. The highest BCUT2D eigenvalue weighted by Crippen LogP contribution is 2.13. The standard InChI is InChI=1S/C9H12ClN3/c10-4-2-1-3-7-5-8(11)9(12)13-6-7/h1,3,5-6H,2,4,11H2,(H2,12,13). The quantitative estimate of drug-likeness (QED) is 0.728. The van der Waals surface area contributed by atoms with E-state index >= 15 is 0 Å². The lowest BCUT2D eigenvalue weighted by Crippen LogP contribution is -1.97. The van der Waals surface area contributed by atoms with Gasteiger partial charge in [-0.3, -0.25) is 0 Å². The minimum Gasteiger partial charge on any atom is -0.396 e. The van der Waals surface area contributed by atoms with Crippen LogP contribution in [0.3, 0.4) is 0 Å². The maximum Gasteiger partial charge on any atom is 0.146 e. The molecule has 0 aliphatic carbocycles. The van der Waals surface area contributed by atoms with Gasteiger partial charge in [-0.2, -0.15) is 0 Å². The molecule has 4 N–H and O–H groups in total. The van der Waals surface area contributed by atoms with Crippen molar-refractivity contribution in [2.24, 2.45) is 0 Å². The number of anilines is 2. The summed E-state index contributed by atoms with van der Waals surface area (Å²) >= 11 is 5.51. The summed E-state index contributed by atoms with van der Waals surface area (Å²) in [6.45, 7) is 0. The van der Waals surface area contributed by atoms with E-state index in [1.165, 1.54) is 0 Å². The van der Waals surface area contributed by atoms with Crippen LogP contribution in [0.4, 0.5) is 11.5 Å². The monoisotopic (exact) mass is 197 g/mol. The molecule has 4 heteroatoms. The minimum atomic E-state index is 0.370. The van der Waals surface area contributed by atoms with Crippen LogP contribution in [0.1, 0.15) is 12.0 Å². The number of pyridine rings is 1. The van der Waals surface area contributed by atoms with Gasteiger partial charge in [0.25, 0.3) is 0 Å². The highest BCUT2D eigenvalue weighted by molar-refractivity contribution is 6.17. The fraction of sp³-hybridized carbons (Fsp3) is 0.222. The molecule has 0 amide bonds. The Morgan fingerprint density at radius 2 is 2.23 bits per heavy atom. The number of hydrogen-bond donors (Lipinski definition) is 2. The third kappa shape index (κ3) is 2.95. The Morgan fingerprint density at radius 1 is 1.46 bits per heavy atom. The molecule has 3 nitrogen and oxygen atoms in total. The summed E-state index contributed by atoms with van der Waals surface area (Å²) in [7, 11) is 0. The molecule has 0 saturated carbocycles. The van der Waals surface area contributed by atoms with Crippen LogP contribution in [0.2, 0.25) is 0 Å². The third-order valence-electron chi connectivity index (χ3n) is 1.56. The molecule has 70 valence electrons. The molecular weight excluding hydrogens is 186 g/mol. The van der Waals surface area contributed by atoms with Crippen molar-refractivity contribution in [1.82, 2.24) is 4.98 Å². The van der Waals surface area contributed by atoms with E-state index in [1.54, 1.807) is 12.3 Å². The summed E-state index contributed by atoms with van der Waals surface area (Å²) < 4.78 is 0. The number of nitrogen functional groups attached to an aromatic ring is 2. The fourth-order valence-corrected chi connectivity index (χ4v) is 1.01. The van der Waals surface area contributed by atoms with Crippen molar-refractivity contribution in [1.29, 1.82) is 0 Å². The van der Waals surface area contributed by atoms with Gasteiger partial charge in [-0.05, 0) is 18.1 Å². The number of halogens is 1. The molecule has 0 spiro atoms. The molecule has 0 bridgehead atoms. The second kappa shape index (κ2) is 4.72. The molecular formula is C9H12ClN3. The minimum absolute atomic E-state index is 0.370. The van der Waals surface area contributed by atoms with Gasteiger partial charge in [-0.25, -0.2) is 4.98 Å². The van der Waals surface area contributed by atoms with Crippen molar-refractivity contribution >= 4 is 29.2 Å². The first-order valence-corrected chi connectivity index (χ1v) is 4.51. The first kappa shape index (κ1) is 9.86. The fourth-order valence-electron chi connectivity index (χ4n) is 0.883. The molecule has 1 aromatic rings. The molecule has 0 aliphatic heterocycles. The van der Waals surface area contributed by atoms with Crippen LogP contribution in [0, 0.1) is 0 Å². The molecule has 1 rings (SSSR count). The normalized spacial score (nSPS) is 10.8. The summed E-state index contributed by atoms with van der Waals surface area (Å²) in [6.07, 6.45) is 6.41. The average molecular weight is 198 g/mol. The van der Waals surface area contributed by atoms with E-state index in [0.29, 0.717) is 17.4 Å². The maximum atomic E-state index is 5.58. The second-order valence-electron chi connectivity index (χ2n) is 2.62. The summed E-state index contributed by atoms with van der Waals surface area (Å²) in [5, 5.41) is 0. The number of nitrogens with two attached hydrogens (primary N) is 2. The molecule has 0 saturated heterocycles. The Labute approximate surface area is 82.4 Å². The van der Waals surface area contributed by atoms with Crippen molar-refractivity contribution in [3.05, 3.63) is 23.9 Å². The van der Waals surface area contributed by atoms with Crippen molar-refractivity contribution in [2.75, 3.05) is 17.3 Å². The van der Waals surface area contributed by atoms with E-state index in [4.69, 9.17) is 23.1 Å². The lowest BCUT2D eigenvalue weighted by molar-refractivity contribution is 1.24. The molecule has 0 atom stereocenters. The number of rotatable bonds is 3. The topological polar surface area (TPSA) is 64.9 Å². The molecule has 1 aromatic heterocycles. The average Bonchev–Trinajstić information content (AvgIpc) is 2.12. The van der Waals surface area contributed by atoms with Crippen LogP contribution in [0.25, 0.3) is 6.08 Å². The summed E-state index contributed by atoms with van der Waals surface area (Å²) in [6, 6.07) is 1.78. The molecule has 13 heavy (non-hydrogen) atoms. The maximum absolute atomic E-state index is 5.58. The van der Waals surface area contributed by atoms with Gasteiger partial charge in [0.05, 0.1) is 5.69 Å². The zero-order valence-corrected chi connectivity index (χ0v) is 7.96. The zero-order chi connectivity index (χ0) is 9.68. The van der Waals surface area contributed by atoms with Gasteiger partial charge in [0.15, 0.2) is 0 Å². The van der Waals surface area contributed by atoms with E-state index < -0.39 is 0 Å². The lowest BCUT2D eigenvalue weighted by atomic mass is 10.2. The Bertz CT molecular complexity index is 310. The molecule has 1 heterocycles. The summed E-state index contributed by atoms with van der Waals surface area (Å²) in [5.74, 6) is 0.989. The van der Waals surface area contributed by atoms with E-state index in [1.807, 2.05) is 12.2 Å². The van der Waals surface area contributed by atoms with Gasteiger partial charge in [-0.15, -0.1) is 11.6 Å². The third-order valence-corrected chi connectivity index (χ3v) is 1.77. The molecule has 0 radical (unpaired) electrons.